The second-order valence-electron chi connectivity index (χ2n) is 6.54. The van der Waals surface area contributed by atoms with Crippen LogP contribution in [0.25, 0.3) is 31.8 Å². The van der Waals surface area contributed by atoms with Gasteiger partial charge in [0, 0.05) is 36.3 Å². The van der Waals surface area contributed by atoms with Crippen LogP contribution in [0.15, 0.2) is 51.7 Å². The van der Waals surface area contributed by atoms with E-state index in [-0.39, 0.29) is 0 Å². The average molecular weight is 390 g/mol. The predicted molar refractivity (Wildman–Crippen MR) is 113 cm³/mol. The van der Waals surface area contributed by atoms with Gasteiger partial charge in [0.15, 0.2) is 5.56 Å². The fourth-order valence-electron chi connectivity index (χ4n) is 3.61. The van der Waals surface area contributed by atoms with Gasteiger partial charge in [-0.2, -0.15) is 9.83 Å². The number of anilines is 1. The third kappa shape index (κ3) is 2.76. The Hall–Kier alpha value is -3.17. The monoisotopic (exact) mass is 390 g/mol. The summed E-state index contributed by atoms with van der Waals surface area (Å²) in [5, 5.41) is 11.3. The molecule has 0 amide bonds. The highest BCUT2D eigenvalue weighted by Gasteiger charge is 2.27. The molecule has 2 aromatic heterocycles. The third-order valence-corrected chi connectivity index (χ3v) is 6.32. The SMILES string of the molecule is CCN(CC)c1ccc2c(C#N)c(-c3sc4ccccc4[n+]3C)c(=O)oc2c1. The lowest BCUT2D eigenvalue weighted by molar-refractivity contribution is -0.629. The Bertz CT molecular complexity index is 1290. The van der Waals surface area contributed by atoms with Crippen LogP contribution in [0.5, 0.6) is 0 Å². The van der Waals surface area contributed by atoms with Gasteiger partial charge >= 0.3 is 5.63 Å². The van der Waals surface area contributed by atoms with Crippen LogP contribution in [-0.4, -0.2) is 13.1 Å². The van der Waals surface area contributed by atoms with E-state index in [0.29, 0.717) is 22.1 Å². The topological polar surface area (TPSA) is 61.1 Å². The molecule has 0 atom stereocenters. The third-order valence-electron chi connectivity index (χ3n) is 5.08. The summed E-state index contributed by atoms with van der Waals surface area (Å²) in [6.45, 7) is 5.87. The summed E-state index contributed by atoms with van der Waals surface area (Å²) in [6.07, 6.45) is 0. The largest absolute Gasteiger partial charge is 0.422 e. The van der Waals surface area contributed by atoms with Crippen LogP contribution in [0.4, 0.5) is 5.69 Å². The highest BCUT2D eigenvalue weighted by Crippen LogP contribution is 2.32. The van der Waals surface area contributed by atoms with Crippen molar-refractivity contribution in [3.05, 3.63) is 58.4 Å². The van der Waals surface area contributed by atoms with Gasteiger partial charge in [0.2, 0.25) is 5.52 Å². The van der Waals surface area contributed by atoms with Crippen LogP contribution in [-0.2, 0) is 7.05 Å². The van der Waals surface area contributed by atoms with Crippen LogP contribution < -0.4 is 15.1 Å². The molecule has 6 heteroatoms. The molecule has 0 fully saturated rings. The molecule has 5 nitrogen and oxygen atoms in total. The van der Waals surface area contributed by atoms with Crippen LogP contribution >= 0.6 is 11.3 Å². The highest BCUT2D eigenvalue weighted by atomic mass is 32.1. The van der Waals surface area contributed by atoms with Crippen molar-refractivity contribution in [3.8, 4) is 16.6 Å². The zero-order valence-corrected chi connectivity index (χ0v) is 16.8. The van der Waals surface area contributed by atoms with Crippen LogP contribution in [0, 0.1) is 11.3 Å². The normalized spacial score (nSPS) is 11.1. The minimum atomic E-state index is -0.483. The Kier molecular flexibility index (Phi) is 4.62. The minimum absolute atomic E-state index is 0.328. The maximum absolute atomic E-state index is 12.9. The number of rotatable bonds is 4. The molecule has 2 aromatic carbocycles. The average Bonchev–Trinajstić information content (AvgIpc) is 3.04. The molecule has 0 aliphatic carbocycles. The molecule has 4 aromatic rings. The first-order valence-corrected chi connectivity index (χ1v) is 10.0. The van der Waals surface area contributed by atoms with Gasteiger partial charge in [-0.15, -0.1) is 0 Å². The maximum Gasteiger partial charge on any atom is 0.352 e. The Morgan fingerprint density at radius 1 is 1.18 bits per heavy atom. The molecule has 0 aliphatic heterocycles. The number of nitriles is 1. The van der Waals surface area contributed by atoms with Gasteiger partial charge in [-0.1, -0.05) is 23.5 Å². The quantitative estimate of drug-likeness (QED) is 0.387. The smallest absolute Gasteiger partial charge is 0.352 e. The molecule has 0 saturated heterocycles. The standard InChI is InChI=1S/C22H20N3O2S/c1-4-25(5-2)14-10-11-15-16(13-23)20(22(26)27-18(15)12-14)21-24(3)17-8-6-7-9-19(17)28-21/h6-12H,4-5H2,1-3H3/q+1. The molecule has 0 N–H and O–H groups in total. The first-order valence-electron chi connectivity index (χ1n) is 9.22. The summed E-state index contributed by atoms with van der Waals surface area (Å²) in [4.78, 5) is 15.1. The summed E-state index contributed by atoms with van der Waals surface area (Å²) in [7, 11) is 1.91. The second kappa shape index (κ2) is 7.10. The van der Waals surface area contributed by atoms with Crippen LogP contribution in [0.2, 0.25) is 0 Å². The van der Waals surface area contributed by atoms with E-state index >= 15 is 0 Å². The number of hydrogen-bond acceptors (Lipinski definition) is 5. The predicted octanol–water partition coefficient (Wildman–Crippen LogP) is 4.22. The van der Waals surface area contributed by atoms with E-state index < -0.39 is 5.63 Å². The zero-order chi connectivity index (χ0) is 19.8. The van der Waals surface area contributed by atoms with Crippen molar-refractivity contribution in [2.45, 2.75) is 13.8 Å². The summed E-state index contributed by atoms with van der Waals surface area (Å²) in [5.74, 6) is 0. The fourth-order valence-corrected chi connectivity index (χ4v) is 4.79. The lowest BCUT2D eigenvalue weighted by Crippen LogP contribution is -2.30. The molecule has 0 saturated carbocycles. The molecule has 0 radical (unpaired) electrons. The van der Waals surface area contributed by atoms with E-state index in [4.69, 9.17) is 4.42 Å². The fraction of sp³-hybridized carbons (Fsp3) is 0.227. The van der Waals surface area contributed by atoms with Gasteiger partial charge in [0.1, 0.15) is 23.4 Å². The van der Waals surface area contributed by atoms with E-state index in [9.17, 15) is 10.1 Å². The molecule has 0 bridgehead atoms. The Balaban J connectivity index is 2.01. The van der Waals surface area contributed by atoms with Crippen molar-refractivity contribution in [3.63, 3.8) is 0 Å². The Morgan fingerprint density at radius 3 is 2.61 bits per heavy atom. The number of para-hydroxylation sites is 1. The van der Waals surface area contributed by atoms with Crippen molar-refractivity contribution >= 4 is 38.2 Å². The summed E-state index contributed by atoms with van der Waals surface area (Å²) in [6, 6.07) is 15.9. The molecule has 4 rings (SSSR count). The molecule has 140 valence electrons. The number of aromatic nitrogens is 1. The number of aryl methyl sites for hydroxylation is 1. The zero-order valence-electron chi connectivity index (χ0n) is 16.0. The lowest BCUT2D eigenvalue weighted by atomic mass is 10.1. The molecule has 0 unspecified atom stereocenters. The highest BCUT2D eigenvalue weighted by molar-refractivity contribution is 7.21. The van der Waals surface area contributed by atoms with E-state index in [1.165, 1.54) is 11.3 Å². The first kappa shape index (κ1) is 18.2. The van der Waals surface area contributed by atoms with Gasteiger partial charge in [-0.25, -0.2) is 4.79 Å². The van der Waals surface area contributed by atoms with Crippen LogP contribution in [0.3, 0.4) is 0 Å². The molecular weight excluding hydrogens is 370 g/mol. The minimum Gasteiger partial charge on any atom is -0.422 e. The summed E-state index contributed by atoms with van der Waals surface area (Å²) < 4.78 is 8.68. The van der Waals surface area contributed by atoms with Gasteiger partial charge < -0.3 is 9.32 Å². The van der Waals surface area contributed by atoms with Gasteiger partial charge in [0.25, 0.3) is 5.01 Å². The Morgan fingerprint density at radius 2 is 1.93 bits per heavy atom. The Labute approximate surface area is 166 Å². The van der Waals surface area contributed by atoms with E-state index in [1.807, 2.05) is 54.1 Å². The number of fused-ring (bicyclic) bond motifs is 2. The number of nitrogens with zero attached hydrogens (tertiary/aromatic N) is 3. The maximum atomic E-state index is 12.9. The summed E-state index contributed by atoms with van der Waals surface area (Å²) in [5.41, 5.74) is 2.64. The van der Waals surface area contributed by atoms with Crippen molar-refractivity contribution in [2.24, 2.45) is 7.05 Å². The summed E-state index contributed by atoms with van der Waals surface area (Å²) >= 11 is 1.49. The molecular formula is C22H20N3O2S+. The first-order chi connectivity index (χ1) is 13.6. The molecule has 0 spiro atoms. The second-order valence-corrected chi connectivity index (χ2v) is 7.57. The number of benzene rings is 2. The van der Waals surface area contributed by atoms with Gasteiger partial charge in [0.05, 0.1) is 5.56 Å². The lowest BCUT2D eigenvalue weighted by Gasteiger charge is -2.21. The number of thiazole rings is 1. The van der Waals surface area contributed by atoms with Crippen LogP contribution in [0.1, 0.15) is 19.4 Å². The van der Waals surface area contributed by atoms with Gasteiger partial charge in [-0.3, -0.25) is 0 Å². The van der Waals surface area contributed by atoms with Gasteiger partial charge in [-0.05, 0) is 32.0 Å². The van der Waals surface area contributed by atoms with E-state index in [0.717, 1.165) is 34.0 Å². The van der Waals surface area contributed by atoms with Crippen molar-refractivity contribution < 1.29 is 8.98 Å². The van der Waals surface area contributed by atoms with E-state index in [2.05, 4.69) is 24.8 Å². The van der Waals surface area contributed by atoms with Crippen molar-refractivity contribution in [1.82, 2.24) is 0 Å². The number of hydrogen-bond donors (Lipinski definition) is 0. The van der Waals surface area contributed by atoms with Crippen molar-refractivity contribution in [2.75, 3.05) is 18.0 Å². The molecule has 28 heavy (non-hydrogen) atoms. The van der Waals surface area contributed by atoms with Crippen molar-refractivity contribution in [1.29, 1.82) is 5.26 Å². The molecule has 2 heterocycles. The van der Waals surface area contributed by atoms with E-state index in [1.54, 1.807) is 0 Å². The molecule has 0 aliphatic rings.